The molecule has 1 N–H and O–H groups in total. The van der Waals surface area contributed by atoms with Gasteiger partial charge in [-0.25, -0.2) is 4.39 Å². The van der Waals surface area contributed by atoms with Crippen molar-refractivity contribution in [3.8, 4) is 0 Å². The Bertz CT molecular complexity index is 385. The molecule has 1 unspecified atom stereocenters. The van der Waals surface area contributed by atoms with E-state index in [1.54, 1.807) is 12.1 Å². The molecule has 1 nitrogen and oxygen atoms in total. The number of aryl methyl sites for hydroxylation is 1. The Balaban J connectivity index is 2.62. The Labute approximate surface area is 117 Å². The minimum absolute atomic E-state index is 0.139. The highest BCUT2D eigenvalue weighted by molar-refractivity contribution is 5.27. The fraction of sp³-hybridized carbons (Fsp3) is 0.647. The fourth-order valence-corrected chi connectivity index (χ4v) is 2.27. The van der Waals surface area contributed by atoms with Crippen LogP contribution in [0.2, 0.25) is 0 Å². The standard InChI is InChI=1S/C17H28FN/c1-12(2)10-19-11-16(13(3)4)9-15-6-7-17(18)8-14(15)5/h6-8,12-13,16,19H,9-11H2,1-5H3. The van der Waals surface area contributed by atoms with Crippen molar-refractivity contribution >= 4 is 0 Å². The lowest BCUT2D eigenvalue weighted by atomic mass is 9.87. The largest absolute Gasteiger partial charge is 0.316 e. The molecular formula is C17H28FN. The molecule has 0 aliphatic carbocycles. The molecule has 0 heterocycles. The fourth-order valence-electron chi connectivity index (χ4n) is 2.27. The van der Waals surface area contributed by atoms with Crippen molar-refractivity contribution in [2.24, 2.45) is 17.8 Å². The molecule has 19 heavy (non-hydrogen) atoms. The van der Waals surface area contributed by atoms with E-state index in [1.807, 2.05) is 13.0 Å². The van der Waals surface area contributed by atoms with Crippen LogP contribution in [0.4, 0.5) is 4.39 Å². The highest BCUT2D eigenvalue weighted by Gasteiger charge is 2.15. The Morgan fingerprint density at radius 1 is 1.11 bits per heavy atom. The van der Waals surface area contributed by atoms with Gasteiger partial charge in [0.15, 0.2) is 0 Å². The molecule has 0 bridgehead atoms. The molecule has 2 heteroatoms. The van der Waals surface area contributed by atoms with Gasteiger partial charge in [-0.3, -0.25) is 0 Å². The van der Waals surface area contributed by atoms with Crippen LogP contribution in [0.5, 0.6) is 0 Å². The molecule has 0 radical (unpaired) electrons. The van der Waals surface area contributed by atoms with Crippen LogP contribution in [0.1, 0.15) is 38.8 Å². The molecule has 0 saturated heterocycles. The predicted molar refractivity (Wildman–Crippen MR) is 80.9 cm³/mol. The van der Waals surface area contributed by atoms with E-state index in [-0.39, 0.29) is 5.82 Å². The summed E-state index contributed by atoms with van der Waals surface area (Å²) in [6, 6.07) is 5.14. The first-order chi connectivity index (χ1) is 8.90. The third kappa shape index (κ3) is 5.73. The van der Waals surface area contributed by atoms with Gasteiger partial charge in [0, 0.05) is 0 Å². The van der Waals surface area contributed by atoms with E-state index in [0.29, 0.717) is 17.8 Å². The molecule has 108 valence electrons. The highest BCUT2D eigenvalue weighted by Crippen LogP contribution is 2.20. The molecular weight excluding hydrogens is 237 g/mol. The Hall–Kier alpha value is -0.890. The van der Waals surface area contributed by atoms with Gasteiger partial charge < -0.3 is 5.32 Å². The van der Waals surface area contributed by atoms with Crippen LogP contribution in [0, 0.1) is 30.5 Å². The summed E-state index contributed by atoms with van der Waals surface area (Å²) in [4.78, 5) is 0. The lowest BCUT2D eigenvalue weighted by molar-refractivity contribution is 0.352. The van der Waals surface area contributed by atoms with Crippen molar-refractivity contribution in [1.82, 2.24) is 5.32 Å². The summed E-state index contributed by atoms with van der Waals surface area (Å²) >= 11 is 0. The normalized spacial score (nSPS) is 13.3. The maximum Gasteiger partial charge on any atom is 0.123 e. The summed E-state index contributed by atoms with van der Waals surface area (Å²) in [6.07, 6.45) is 1.02. The van der Waals surface area contributed by atoms with Gasteiger partial charge in [0.05, 0.1) is 0 Å². The third-order valence-corrected chi connectivity index (χ3v) is 3.69. The number of rotatable bonds is 7. The second-order valence-electron chi connectivity index (χ2n) is 6.33. The zero-order valence-corrected chi connectivity index (χ0v) is 13.0. The molecule has 0 fully saturated rings. The van der Waals surface area contributed by atoms with Crippen LogP contribution in [0.3, 0.4) is 0 Å². The molecule has 1 rings (SSSR count). The van der Waals surface area contributed by atoms with Crippen molar-refractivity contribution in [2.45, 2.75) is 41.0 Å². The van der Waals surface area contributed by atoms with Crippen LogP contribution in [-0.2, 0) is 6.42 Å². The lowest BCUT2D eigenvalue weighted by Gasteiger charge is -2.23. The average molecular weight is 265 g/mol. The van der Waals surface area contributed by atoms with E-state index in [1.165, 1.54) is 5.56 Å². The first-order valence-electron chi connectivity index (χ1n) is 7.36. The van der Waals surface area contributed by atoms with Crippen molar-refractivity contribution in [3.05, 3.63) is 35.1 Å². The van der Waals surface area contributed by atoms with Crippen molar-refractivity contribution in [3.63, 3.8) is 0 Å². The molecule has 1 aromatic rings. The maximum absolute atomic E-state index is 13.1. The first-order valence-corrected chi connectivity index (χ1v) is 7.36. The van der Waals surface area contributed by atoms with E-state index in [4.69, 9.17) is 0 Å². The zero-order chi connectivity index (χ0) is 14.4. The predicted octanol–water partition coefficient (Wildman–Crippen LogP) is 4.19. The second kappa shape index (κ2) is 7.64. The van der Waals surface area contributed by atoms with Crippen LogP contribution in [0.15, 0.2) is 18.2 Å². The Morgan fingerprint density at radius 2 is 1.79 bits per heavy atom. The molecule has 1 aromatic carbocycles. The van der Waals surface area contributed by atoms with Crippen LogP contribution < -0.4 is 5.32 Å². The smallest absolute Gasteiger partial charge is 0.123 e. The summed E-state index contributed by atoms with van der Waals surface area (Å²) in [5.41, 5.74) is 2.33. The minimum atomic E-state index is -0.139. The van der Waals surface area contributed by atoms with Gasteiger partial charge in [-0.15, -0.1) is 0 Å². The molecule has 0 aromatic heterocycles. The van der Waals surface area contributed by atoms with Gasteiger partial charge in [-0.1, -0.05) is 33.8 Å². The zero-order valence-electron chi connectivity index (χ0n) is 13.0. The summed E-state index contributed by atoms with van der Waals surface area (Å²) in [6.45, 7) is 13.1. The van der Waals surface area contributed by atoms with Crippen molar-refractivity contribution in [1.29, 1.82) is 0 Å². The summed E-state index contributed by atoms with van der Waals surface area (Å²) in [7, 11) is 0. The number of halogens is 1. The van der Waals surface area contributed by atoms with E-state index in [0.717, 1.165) is 25.1 Å². The van der Waals surface area contributed by atoms with Gasteiger partial charge in [-0.2, -0.15) is 0 Å². The van der Waals surface area contributed by atoms with Gasteiger partial charge in [0.2, 0.25) is 0 Å². The Morgan fingerprint density at radius 3 is 2.32 bits per heavy atom. The SMILES string of the molecule is Cc1cc(F)ccc1CC(CNCC(C)C)C(C)C. The first kappa shape index (κ1) is 16.2. The molecule has 0 spiro atoms. The van der Waals surface area contributed by atoms with Crippen LogP contribution in [0.25, 0.3) is 0 Å². The van der Waals surface area contributed by atoms with Crippen LogP contribution >= 0.6 is 0 Å². The molecule has 0 aliphatic heterocycles. The molecule has 1 atom stereocenters. The topological polar surface area (TPSA) is 12.0 Å². The van der Waals surface area contributed by atoms with E-state index in [9.17, 15) is 4.39 Å². The molecule has 0 amide bonds. The van der Waals surface area contributed by atoms with Gasteiger partial charge >= 0.3 is 0 Å². The second-order valence-corrected chi connectivity index (χ2v) is 6.33. The van der Waals surface area contributed by atoms with Gasteiger partial charge in [-0.05, 0) is 67.4 Å². The highest BCUT2D eigenvalue weighted by atomic mass is 19.1. The number of benzene rings is 1. The number of hydrogen-bond acceptors (Lipinski definition) is 1. The quantitative estimate of drug-likeness (QED) is 0.779. The third-order valence-electron chi connectivity index (χ3n) is 3.69. The summed E-state index contributed by atoms with van der Waals surface area (Å²) in [5.74, 6) is 1.77. The number of hydrogen-bond donors (Lipinski definition) is 1. The van der Waals surface area contributed by atoms with Gasteiger partial charge in [0.1, 0.15) is 5.82 Å². The number of nitrogens with one attached hydrogen (secondary N) is 1. The minimum Gasteiger partial charge on any atom is -0.316 e. The monoisotopic (exact) mass is 265 g/mol. The molecule has 0 saturated carbocycles. The summed E-state index contributed by atoms with van der Waals surface area (Å²) < 4.78 is 13.1. The maximum atomic E-state index is 13.1. The molecule has 0 aliphatic rings. The summed E-state index contributed by atoms with van der Waals surface area (Å²) in [5, 5.41) is 3.54. The lowest BCUT2D eigenvalue weighted by Crippen LogP contribution is -2.30. The van der Waals surface area contributed by atoms with Crippen molar-refractivity contribution < 1.29 is 4.39 Å². The van der Waals surface area contributed by atoms with E-state index in [2.05, 4.69) is 33.0 Å². The Kier molecular flexibility index (Phi) is 6.50. The van der Waals surface area contributed by atoms with E-state index >= 15 is 0 Å². The van der Waals surface area contributed by atoms with Crippen LogP contribution in [-0.4, -0.2) is 13.1 Å². The van der Waals surface area contributed by atoms with Gasteiger partial charge in [0.25, 0.3) is 0 Å². The van der Waals surface area contributed by atoms with E-state index < -0.39 is 0 Å². The van der Waals surface area contributed by atoms with Crippen molar-refractivity contribution in [2.75, 3.05) is 13.1 Å². The average Bonchev–Trinajstić information content (AvgIpc) is 2.30.